The summed E-state index contributed by atoms with van der Waals surface area (Å²) in [5.41, 5.74) is 12.4. The molecule has 1 fully saturated rings. The fourth-order valence-electron chi connectivity index (χ4n) is 3.34. The molecule has 6 heteroatoms. The summed E-state index contributed by atoms with van der Waals surface area (Å²) in [7, 11) is 0. The van der Waals surface area contributed by atoms with E-state index in [9.17, 15) is 0 Å². The van der Waals surface area contributed by atoms with Crippen LogP contribution in [0.4, 0.5) is 11.8 Å². The molecule has 1 aliphatic heterocycles. The number of piperidine rings is 1. The van der Waals surface area contributed by atoms with Gasteiger partial charge < -0.3 is 21.1 Å². The maximum absolute atomic E-state index is 6.09. The van der Waals surface area contributed by atoms with Gasteiger partial charge in [0.2, 0.25) is 5.95 Å². The van der Waals surface area contributed by atoms with Gasteiger partial charge in [-0.2, -0.15) is 4.98 Å². The highest BCUT2D eigenvalue weighted by Gasteiger charge is 2.20. The van der Waals surface area contributed by atoms with Gasteiger partial charge in [0, 0.05) is 0 Å². The zero-order valence-electron chi connectivity index (χ0n) is 15.2. The number of benzene rings is 1. The van der Waals surface area contributed by atoms with E-state index in [1.54, 1.807) is 0 Å². The number of nitrogen functional groups attached to an aromatic ring is 2. The molecule has 1 aromatic heterocycles. The predicted octanol–water partition coefficient (Wildman–Crippen LogP) is 2.93. The van der Waals surface area contributed by atoms with Crippen molar-refractivity contribution in [3.63, 3.8) is 0 Å². The van der Waals surface area contributed by atoms with Crippen LogP contribution in [0, 0.1) is 11.8 Å². The van der Waals surface area contributed by atoms with Crippen molar-refractivity contribution in [1.82, 2.24) is 14.9 Å². The van der Waals surface area contributed by atoms with Crippen LogP contribution in [0.3, 0.4) is 0 Å². The third-order valence-corrected chi connectivity index (χ3v) is 4.93. The van der Waals surface area contributed by atoms with Crippen LogP contribution < -0.4 is 16.2 Å². The molecule has 0 amide bonds. The number of ether oxygens (including phenoxy) is 1. The van der Waals surface area contributed by atoms with Crippen LogP contribution in [0.2, 0.25) is 0 Å². The average Bonchev–Trinajstić information content (AvgIpc) is 2.58. The molecule has 0 aliphatic carbocycles. The quantitative estimate of drug-likeness (QED) is 0.838. The van der Waals surface area contributed by atoms with Gasteiger partial charge in [-0.05, 0) is 62.9 Å². The number of rotatable bonds is 6. The smallest absolute Gasteiger partial charge is 0.222 e. The fraction of sp³-hybridized carbons (Fsp3) is 0.579. The van der Waals surface area contributed by atoms with Crippen LogP contribution >= 0.6 is 0 Å². The molecular weight excluding hydrogens is 314 g/mol. The topological polar surface area (TPSA) is 90.3 Å². The van der Waals surface area contributed by atoms with E-state index in [2.05, 4.69) is 28.7 Å². The molecule has 0 bridgehead atoms. The minimum atomic E-state index is 0.191. The van der Waals surface area contributed by atoms with Gasteiger partial charge in [-0.3, -0.25) is 0 Å². The van der Waals surface area contributed by atoms with Crippen LogP contribution in [0.15, 0.2) is 18.2 Å². The highest BCUT2D eigenvalue weighted by Crippen LogP contribution is 2.30. The number of nitrogens with zero attached hydrogens (tertiary/aromatic N) is 3. The standard InChI is InChI=1S/C19H29N5O/c1-13(2)6-9-24-10-7-14(8-11-24)12-25-16-5-3-4-15-17(16)18(20)23-19(21)22-15/h3-5,13-14H,6-12H2,1-2H3,(H4,20,21,22,23). The first-order valence-electron chi connectivity index (χ1n) is 9.19. The van der Waals surface area contributed by atoms with Gasteiger partial charge in [-0.1, -0.05) is 19.9 Å². The summed E-state index contributed by atoms with van der Waals surface area (Å²) in [6.07, 6.45) is 3.64. The van der Waals surface area contributed by atoms with E-state index in [-0.39, 0.29) is 5.95 Å². The summed E-state index contributed by atoms with van der Waals surface area (Å²) >= 11 is 0. The molecule has 25 heavy (non-hydrogen) atoms. The van der Waals surface area contributed by atoms with Crippen molar-refractivity contribution in [2.24, 2.45) is 11.8 Å². The summed E-state index contributed by atoms with van der Waals surface area (Å²) in [6.45, 7) is 8.82. The summed E-state index contributed by atoms with van der Waals surface area (Å²) in [4.78, 5) is 10.9. The Morgan fingerprint density at radius 3 is 2.68 bits per heavy atom. The van der Waals surface area contributed by atoms with Gasteiger partial charge >= 0.3 is 0 Å². The lowest BCUT2D eigenvalue weighted by atomic mass is 9.97. The maximum atomic E-state index is 6.09. The summed E-state index contributed by atoms with van der Waals surface area (Å²) in [6, 6.07) is 5.72. The molecule has 0 spiro atoms. The Balaban J connectivity index is 1.57. The Morgan fingerprint density at radius 2 is 1.96 bits per heavy atom. The highest BCUT2D eigenvalue weighted by molar-refractivity contribution is 5.94. The second-order valence-corrected chi connectivity index (χ2v) is 7.40. The number of hydrogen-bond acceptors (Lipinski definition) is 6. The van der Waals surface area contributed by atoms with Gasteiger partial charge in [-0.15, -0.1) is 0 Å². The van der Waals surface area contributed by atoms with Crippen molar-refractivity contribution in [3.05, 3.63) is 18.2 Å². The van der Waals surface area contributed by atoms with E-state index < -0.39 is 0 Å². The third-order valence-electron chi connectivity index (χ3n) is 4.93. The predicted molar refractivity (Wildman–Crippen MR) is 102 cm³/mol. The van der Waals surface area contributed by atoms with Crippen molar-refractivity contribution in [2.75, 3.05) is 37.7 Å². The Bertz CT molecular complexity index is 710. The Labute approximate surface area is 149 Å². The molecule has 1 saturated heterocycles. The van der Waals surface area contributed by atoms with Crippen LogP contribution in [0.1, 0.15) is 33.1 Å². The molecule has 0 atom stereocenters. The van der Waals surface area contributed by atoms with Crippen molar-refractivity contribution in [1.29, 1.82) is 0 Å². The van der Waals surface area contributed by atoms with Gasteiger partial charge in [0.05, 0.1) is 17.5 Å². The first-order chi connectivity index (χ1) is 12.0. The van der Waals surface area contributed by atoms with E-state index in [0.717, 1.165) is 35.7 Å². The minimum absolute atomic E-state index is 0.191. The van der Waals surface area contributed by atoms with Crippen LogP contribution in [-0.2, 0) is 0 Å². The number of nitrogens with two attached hydrogens (primary N) is 2. The lowest BCUT2D eigenvalue weighted by molar-refractivity contribution is 0.138. The van der Waals surface area contributed by atoms with E-state index in [4.69, 9.17) is 16.2 Å². The maximum Gasteiger partial charge on any atom is 0.222 e. The third kappa shape index (κ3) is 4.51. The molecule has 1 aliphatic rings. The molecule has 6 nitrogen and oxygen atoms in total. The molecule has 0 radical (unpaired) electrons. The van der Waals surface area contributed by atoms with Crippen molar-refractivity contribution in [3.8, 4) is 5.75 Å². The zero-order valence-corrected chi connectivity index (χ0v) is 15.2. The fourth-order valence-corrected chi connectivity index (χ4v) is 3.34. The normalized spacial score (nSPS) is 16.6. The van der Waals surface area contributed by atoms with Crippen LogP contribution in [-0.4, -0.2) is 41.1 Å². The van der Waals surface area contributed by atoms with Gasteiger partial charge in [0.25, 0.3) is 0 Å². The highest BCUT2D eigenvalue weighted by atomic mass is 16.5. The van der Waals surface area contributed by atoms with E-state index in [0.29, 0.717) is 18.3 Å². The monoisotopic (exact) mass is 343 g/mol. The number of anilines is 2. The molecule has 0 saturated carbocycles. The molecule has 3 rings (SSSR count). The van der Waals surface area contributed by atoms with Gasteiger partial charge in [0.1, 0.15) is 11.6 Å². The second kappa shape index (κ2) is 7.87. The van der Waals surface area contributed by atoms with Crippen LogP contribution in [0.25, 0.3) is 10.9 Å². The summed E-state index contributed by atoms with van der Waals surface area (Å²) in [5.74, 6) is 2.67. The lowest BCUT2D eigenvalue weighted by Crippen LogP contribution is -2.36. The molecule has 4 N–H and O–H groups in total. The Kier molecular flexibility index (Phi) is 5.58. The van der Waals surface area contributed by atoms with Crippen molar-refractivity contribution in [2.45, 2.75) is 33.1 Å². The minimum Gasteiger partial charge on any atom is -0.492 e. The lowest BCUT2D eigenvalue weighted by Gasteiger charge is -2.32. The number of aromatic nitrogens is 2. The van der Waals surface area contributed by atoms with Crippen LogP contribution in [0.5, 0.6) is 5.75 Å². The van der Waals surface area contributed by atoms with Crippen molar-refractivity contribution < 1.29 is 4.74 Å². The zero-order chi connectivity index (χ0) is 17.8. The summed E-state index contributed by atoms with van der Waals surface area (Å²) < 4.78 is 6.09. The average molecular weight is 343 g/mol. The van der Waals surface area contributed by atoms with Crippen molar-refractivity contribution >= 4 is 22.7 Å². The molecule has 1 aromatic carbocycles. The first kappa shape index (κ1) is 17.7. The summed E-state index contributed by atoms with van der Waals surface area (Å²) in [5, 5.41) is 0.756. The van der Waals surface area contributed by atoms with Gasteiger partial charge in [-0.25, -0.2) is 4.98 Å². The van der Waals surface area contributed by atoms with Gasteiger partial charge in [0.15, 0.2) is 0 Å². The molecule has 0 unspecified atom stereocenters. The number of hydrogen-bond donors (Lipinski definition) is 2. The van der Waals surface area contributed by atoms with E-state index in [1.165, 1.54) is 25.8 Å². The molecule has 2 heterocycles. The largest absolute Gasteiger partial charge is 0.492 e. The molecule has 2 aromatic rings. The Morgan fingerprint density at radius 1 is 1.20 bits per heavy atom. The second-order valence-electron chi connectivity index (χ2n) is 7.40. The Hall–Kier alpha value is -2.08. The SMILES string of the molecule is CC(C)CCN1CCC(COc2cccc3nc(N)nc(N)c23)CC1. The molecular formula is C19H29N5O. The number of fused-ring (bicyclic) bond motifs is 1. The van der Waals surface area contributed by atoms with E-state index in [1.807, 2.05) is 18.2 Å². The molecule has 136 valence electrons. The van der Waals surface area contributed by atoms with E-state index >= 15 is 0 Å². The number of likely N-dealkylation sites (tertiary alicyclic amines) is 1. The first-order valence-corrected chi connectivity index (χ1v) is 9.19.